The van der Waals surface area contributed by atoms with Gasteiger partial charge in [-0.3, -0.25) is 0 Å². The molecule has 2 rings (SSSR count). The number of ether oxygens (including phenoxy) is 1. The molecule has 96 valence electrons. The molecule has 18 heavy (non-hydrogen) atoms. The van der Waals surface area contributed by atoms with Gasteiger partial charge in [0.1, 0.15) is 5.52 Å². The average molecular weight is 306 g/mol. The molecule has 0 saturated carbocycles. The number of aromatic nitrogens is 3. The van der Waals surface area contributed by atoms with Crippen LogP contribution in [0.3, 0.4) is 0 Å². The second kappa shape index (κ2) is 5.79. The second-order valence-electron chi connectivity index (χ2n) is 3.12. The van der Waals surface area contributed by atoms with Gasteiger partial charge in [-0.05, 0) is 6.92 Å². The SMILES string of the molecule is CCOC(=O)C[S+]([O-])c1nc2c(Cl)nncc2s1. The van der Waals surface area contributed by atoms with E-state index in [-0.39, 0.29) is 17.5 Å². The summed E-state index contributed by atoms with van der Waals surface area (Å²) in [5.74, 6) is -0.732. The highest BCUT2D eigenvalue weighted by Gasteiger charge is 2.22. The third-order valence-corrected chi connectivity index (χ3v) is 4.72. The van der Waals surface area contributed by atoms with Crippen molar-refractivity contribution >= 4 is 50.3 Å². The Morgan fingerprint density at radius 3 is 3.11 bits per heavy atom. The zero-order valence-electron chi connectivity index (χ0n) is 9.25. The van der Waals surface area contributed by atoms with E-state index in [1.54, 1.807) is 6.92 Å². The lowest BCUT2D eigenvalue weighted by atomic mass is 10.5. The van der Waals surface area contributed by atoms with Crippen LogP contribution >= 0.6 is 22.9 Å². The van der Waals surface area contributed by atoms with Gasteiger partial charge in [0, 0.05) is 11.2 Å². The molecule has 0 amide bonds. The van der Waals surface area contributed by atoms with E-state index in [1.165, 1.54) is 17.5 Å². The molecule has 0 radical (unpaired) electrons. The van der Waals surface area contributed by atoms with Crippen molar-refractivity contribution in [3.8, 4) is 0 Å². The number of nitrogens with zero attached hydrogens (tertiary/aromatic N) is 3. The minimum Gasteiger partial charge on any atom is -0.609 e. The van der Waals surface area contributed by atoms with Crippen LogP contribution in [0.15, 0.2) is 10.5 Å². The average Bonchev–Trinajstić information content (AvgIpc) is 2.74. The molecule has 2 aromatic rings. The largest absolute Gasteiger partial charge is 0.609 e. The van der Waals surface area contributed by atoms with Gasteiger partial charge >= 0.3 is 10.3 Å². The van der Waals surface area contributed by atoms with E-state index in [1.807, 2.05) is 0 Å². The summed E-state index contributed by atoms with van der Waals surface area (Å²) in [6.07, 6.45) is 1.49. The minimum absolute atomic E-state index is 0.156. The van der Waals surface area contributed by atoms with Crippen LogP contribution in [0.25, 0.3) is 10.2 Å². The Labute approximate surface area is 115 Å². The molecule has 0 spiro atoms. The van der Waals surface area contributed by atoms with E-state index in [0.29, 0.717) is 14.6 Å². The Morgan fingerprint density at radius 2 is 2.44 bits per heavy atom. The molecular weight excluding hydrogens is 298 g/mol. The van der Waals surface area contributed by atoms with Crippen LogP contribution in [0, 0.1) is 0 Å². The fourth-order valence-electron chi connectivity index (χ4n) is 1.20. The van der Waals surface area contributed by atoms with Crippen molar-refractivity contribution in [3.63, 3.8) is 0 Å². The van der Waals surface area contributed by atoms with Gasteiger partial charge in [-0.2, -0.15) is 10.1 Å². The molecule has 0 N–H and O–H groups in total. The van der Waals surface area contributed by atoms with E-state index < -0.39 is 17.1 Å². The molecule has 0 aliphatic heterocycles. The molecule has 1 atom stereocenters. The van der Waals surface area contributed by atoms with Crippen LogP contribution in [0.4, 0.5) is 0 Å². The Balaban J connectivity index is 2.20. The maximum atomic E-state index is 11.9. The molecule has 2 heterocycles. The van der Waals surface area contributed by atoms with Crippen LogP contribution in [0.2, 0.25) is 5.15 Å². The fourth-order valence-corrected chi connectivity index (χ4v) is 3.53. The van der Waals surface area contributed by atoms with Gasteiger partial charge in [0.15, 0.2) is 5.15 Å². The molecule has 0 fully saturated rings. The van der Waals surface area contributed by atoms with Crippen molar-refractivity contribution in [1.29, 1.82) is 0 Å². The van der Waals surface area contributed by atoms with E-state index >= 15 is 0 Å². The number of rotatable bonds is 4. The van der Waals surface area contributed by atoms with Crippen molar-refractivity contribution in [2.45, 2.75) is 11.3 Å². The maximum Gasteiger partial charge on any atom is 0.356 e. The van der Waals surface area contributed by atoms with Gasteiger partial charge in [0.25, 0.3) is 0 Å². The summed E-state index contributed by atoms with van der Waals surface area (Å²) in [5, 5.41) is 7.47. The monoisotopic (exact) mass is 305 g/mol. The molecule has 0 aromatic carbocycles. The van der Waals surface area contributed by atoms with Crippen LogP contribution in [-0.4, -0.2) is 38.1 Å². The van der Waals surface area contributed by atoms with Crippen molar-refractivity contribution < 1.29 is 14.1 Å². The fraction of sp³-hybridized carbons (Fsp3) is 0.333. The lowest BCUT2D eigenvalue weighted by Crippen LogP contribution is -2.18. The topological polar surface area (TPSA) is 88.0 Å². The highest BCUT2D eigenvalue weighted by molar-refractivity contribution is 7.94. The molecule has 1 unspecified atom stereocenters. The van der Waals surface area contributed by atoms with E-state index in [2.05, 4.69) is 15.2 Å². The summed E-state index contributed by atoms with van der Waals surface area (Å²) in [6.45, 7) is 1.95. The normalized spacial score (nSPS) is 12.6. The summed E-state index contributed by atoms with van der Waals surface area (Å²) in [5.41, 5.74) is 0.448. The maximum absolute atomic E-state index is 11.9. The third kappa shape index (κ3) is 2.89. The highest BCUT2D eigenvalue weighted by atomic mass is 35.5. The predicted molar refractivity (Wildman–Crippen MR) is 68.1 cm³/mol. The van der Waals surface area contributed by atoms with Crippen molar-refractivity contribution in [3.05, 3.63) is 11.3 Å². The summed E-state index contributed by atoms with van der Waals surface area (Å²) < 4.78 is 17.6. The van der Waals surface area contributed by atoms with Crippen LogP contribution in [0.5, 0.6) is 0 Å². The lowest BCUT2D eigenvalue weighted by Gasteiger charge is -2.05. The number of hydrogen-bond donors (Lipinski definition) is 0. The molecule has 9 heteroatoms. The van der Waals surface area contributed by atoms with Crippen LogP contribution in [0.1, 0.15) is 6.92 Å². The molecule has 2 aromatic heterocycles. The number of hydrogen-bond acceptors (Lipinski definition) is 7. The lowest BCUT2D eigenvalue weighted by molar-refractivity contribution is -0.139. The Morgan fingerprint density at radius 1 is 1.67 bits per heavy atom. The first kappa shape index (κ1) is 13.5. The zero-order valence-corrected chi connectivity index (χ0v) is 11.6. The summed E-state index contributed by atoms with van der Waals surface area (Å²) >= 11 is 5.45. The van der Waals surface area contributed by atoms with Gasteiger partial charge in [-0.1, -0.05) is 22.9 Å². The van der Waals surface area contributed by atoms with Gasteiger partial charge in [-0.25, -0.2) is 4.79 Å². The molecule has 0 saturated heterocycles. The van der Waals surface area contributed by atoms with Gasteiger partial charge < -0.3 is 9.29 Å². The zero-order chi connectivity index (χ0) is 13.1. The number of carbonyl (C=O) groups excluding carboxylic acids is 1. The third-order valence-electron chi connectivity index (χ3n) is 1.90. The van der Waals surface area contributed by atoms with E-state index in [4.69, 9.17) is 16.3 Å². The van der Waals surface area contributed by atoms with Crippen LogP contribution < -0.4 is 0 Å². The van der Waals surface area contributed by atoms with Crippen molar-refractivity contribution in [2.24, 2.45) is 0 Å². The minimum atomic E-state index is -1.54. The predicted octanol–water partition coefficient (Wildman–Crippen LogP) is 1.41. The standard InChI is InChI=1S/C9H8ClN3O3S2/c1-2-16-6(14)4-18(15)9-12-7-5(17-9)3-11-13-8(7)10/h3H,2,4H2,1H3. The highest BCUT2D eigenvalue weighted by Crippen LogP contribution is 2.28. The quantitative estimate of drug-likeness (QED) is 0.627. The van der Waals surface area contributed by atoms with Gasteiger partial charge in [-0.15, -0.1) is 5.10 Å². The number of halogens is 1. The van der Waals surface area contributed by atoms with Gasteiger partial charge in [0.2, 0.25) is 5.75 Å². The summed E-state index contributed by atoms with van der Waals surface area (Å²) in [6, 6.07) is 0. The Hall–Kier alpha value is -0.960. The number of fused-ring (bicyclic) bond motifs is 1. The van der Waals surface area contributed by atoms with Gasteiger partial charge in [0.05, 0.1) is 17.5 Å². The summed E-state index contributed by atoms with van der Waals surface area (Å²) in [7, 11) is 0. The van der Waals surface area contributed by atoms with Crippen molar-refractivity contribution in [2.75, 3.05) is 12.4 Å². The molecule has 0 bridgehead atoms. The summed E-state index contributed by atoms with van der Waals surface area (Å²) in [4.78, 5) is 15.3. The smallest absolute Gasteiger partial charge is 0.356 e. The second-order valence-corrected chi connectivity index (χ2v) is 6.14. The number of thiazole rings is 1. The first-order valence-electron chi connectivity index (χ1n) is 4.93. The van der Waals surface area contributed by atoms with E-state index in [9.17, 15) is 9.35 Å². The van der Waals surface area contributed by atoms with Crippen molar-refractivity contribution in [1.82, 2.24) is 15.2 Å². The Kier molecular flexibility index (Phi) is 4.33. The molecule has 0 aliphatic rings. The molecule has 0 aliphatic carbocycles. The molecular formula is C9H8ClN3O3S2. The van der Waals surface area contributed by atoms with Crippen LogP contribution in [-0.2, 0) is 20.7 Å². The number of carbonyl (C=O) groups is 1. The molecule has 6 nitrogen and oxygen atoms in total. The first-order chi connectivity index (χ1) is 8.61. The number of esters is 1. The Bertz CT molecular complexity index is 577. The van der Waals surface area contributed by atoms with E-state index in [0.717, 1.165) is 0 Å². The first-order valence-corrected chi connectivity index (χ1v) is 7.45.